The molecular weight excluding hydrogens is 398 g/mol. The molecule has 1 amide bonds. The van der Waals surface area contributed by atoms with Crippen molar-refractivity contribution in [2.24, 2.45) is 0 Å². The summed E-state index contributed by atoms with van der Waals surface area (Å²) >= 11 is 3.38. The number of rotatable bonds is 8. The van der Waals surface area contributed by atoms with Crippen molar-refractivity contribution in [3.63, 3.8) is 0 Å². The summed E-state index contributed by atoms with van der Waals surface area (Å²) in [6, 6.07) is 13.3. The van der Waals surface area contributed by atoms with E-state index in [2.05, 4.69) is 21.2 Å². The SMILES string of the molecule is Cc1ccc(OCCCC(=O)OCC(=O)Nc2ccc(C)cc2Br)cc1. The molecule has 0 saturated heterocycles. The van der Waals surface area contributed by atoms with E-state index < -0.39 is 5.97 Å². The highest BCUT2D eigenvalue weighted by Gasteiger charge is 2.09. The van der Waals surface area contributed by atoms with Crippen molar-refractivity contribution in [1.29, 1.82) is 0 Å². The van der Waals surface area contributed by atoms with E-state index in [-0.39, 0.29) is 18.9 Å². The molecule has 0 atom stereocenters. The van der Waals surface area contributed by atoms with Crippen molar-refractivity contribution in [3.8, 4) is 5.75 Å². The lowest BCUT2D eigenvalue weighted by Crippen LogP contribution is -2.21. The first-order valence-corrected chi connectivity index (χ1v) is 9.14. The van der Waals surface area contributed by atoms with Crippen LogP contribution >= 0.6 is 15.9 Å². The fourth-order valence-electron chi connectivity index (χ4n) is 2.17. The van der Waals surface area contributed by atoms with Gasteiger partial charge in [0.1, 0.15) is 5.75 Å². The van der Waals surface area contributed by atoms with Gasteiger partial charge in [-0.05, 0) is 66.0 Å². The number of ether oxygens (including phenoxy) is 2. The third kappa shape index (κ3) is 6.88. The largest absolute Gasteiger partial charge is 0.494 e. The first-order chi connectivity index (χ1) is 12.4. The van der Waals surface area contributed by atoms with Crippen LogP contribution in [0.1, 0.15) is 24.0 Å². The van der Waals surface area contributed by atoms with Gasteiger partial charge in [-0.15, -0.1) is 0 Å². The minimum atomic E-state index is -0.421. The Bertz CT molecular complexity index is 759. The zero-order valence-electron chi connectivity index (χ0n) is 14.9. The van der Waals surface area contributed by atoms with Gasteiger partial charge < -0.3 is 14.8 Å². The maximum atomic E-state index is 11.9. The number of nitrogens with one attached hydrogen (secondary N) is 1. The highest BCUT2D eigenvalue weighted by atomic mass is 79.9. The number of carbonyl (C=O) groups excluding carboxylic acids is 2. The molecule has 2 rings (SSSR count). The molecular formula is C20H22BrNO4. The van der Waals surface area contributed by atoms with Gasteiger partial charge in [0, 0.05) is 10.9 Å². The predicted molar refractivity (Wildman–Crippen MR) is 104 cm³/mol. The highest BCUT2D eigenvalue weighted by molar-refractivity contribution is 9.10. The fraction of sp³-hybridized carbons (Fsp3) is 0.300. The number of esters is 1. The van der Waals surface area contributed by atoms with Crippen molar-refractivity contribution in [2.75, 3.05) is 18.5 Å². The molecule has 0 aliphatic rings. The maximum Gasteiger partial charge on any atom is 0.306 e. The summed E-state index contributed by atoms with van der Waals surface area (Å²) in [7, 11) is 0. The lowest BCUT2D eigenvalue weighted by Gasteiger charge is -2.09. The highest BCUT2D eigenvalue weighted by Crippen LogP contribution is 2.23. The molecule has 0 bridgehead atoms. The summed E-state index contributed by atoms with van der Waals surface area (Å²) in [4.78, 5) is 23.6. The van der Waals surface area contributed by atoms with E-state index in [0.29, 0.717) is 18.7 Å². The Labute approximate surface area is 161 Å². The van der Waals surface area contributed by atoms with E-state index >= 15 is 0 Å². The van der Waals surface area contributed by atoms with E-state index in [0.717, 1.165) is 21.3 Å². The average molecular weight is 420 g/mol. The number of aryl methyl sites for hydroxylation is 2. The zero-order chi connectivity index (χ0) is 18.9. The van der Waals surface area contributed by atoms with Crippen LogP contribution in [0.15, 0.2) is 46.9 Å². The molecule has 2 aromatic carbocycles. The van der Waals surface area contributed by atoms with Crippen LogP contribution in [0.3, 0.4) is 0 Å². The molecule has 0 spiro atoms. The summed E-state index contributed by atoms with van der Waals surface area (Å²) in [5.41, 5.74) is 2.88. The maximum absolute atomic E-state index is 11.9. The van der Waals surface area contributed by atoms with E-state index in [4.69, 9.17) is 9.47 Å². The molecule has 0 radical (unpaired) electrons. The third-order valence-corrected chi connectivity index (χ3v) is 4.23. The molecule has 0 saturated carbocycles. The smallest absolute Gasteiger partial charge is 0.306 e. The lowest BCUT2D eigenvalue weighted by atomic mass is 10.2. The standard InChI is InChI=1S/C20H22BrNO4/c1-14-5-8-16(9-6-14)25-11-3-4-20(24)26-13-19(23)22-18-10-7-15(2)12-17(18)21/h5-10,12H,3-4,11,13H2,1-2H3,(H,22,23). The van der Waals surface area contributed by atoms with Crippen LogP contribution in [0, 0.1) is 13.8 Å². The van der Waals surface area contributed by atoms with Crippen LogP contribution in [0.2, 0.25) is 0 Å². The van der Waals surface area contributed by atoms with Gasteiger partial charge in [0.2, 0.25) is 0 Å². The molecule has 0 aromatic heterocycles. The Hall–Kier alpha value is -2.34. The van der Waals surface area contributed by atoms with Gasteiger partial charge in [-0.2, -0.15) is 0 Å². The molecule has 2 aromatic rings. The monoisotopic (exact) mass is 419 g/mol. The Morgan fingerprint density at radius 2 is 1.73 bits per heavy atom. The second kappa shape index (κ2) is 9.97. The summed E-state index contributed by atoms with van der Waals surface area (Å²) in [6.45, 7) is 4.08. The molecule has 0 fully saturated rings. The first kappa shape index (κ1) is 20.0. The van der Waals surface area contributed by atoms with Crippen LogP contribution < -0.4 is 10.1 Å². The van der Waals surface area contributed by atoms with E-state index in [9.17, 15) is 9.59 Å². The summed E-state index contributed by atoms with van der Waals surface area (Å²) < 4.78 is 11.3. The third-order valence-electron chi connectivity index (χ3n) is 3.58. The first-order valence-electron chi connectivity index (χ1n) is 8.35. The zero-order valence-corrected chi connectivity index (χ0v) is 16.5. The Balaban J connectivity index is 1.63. The van der Waals surface area contributed by atoms with Crippen LogP contribution in [-0.2, 0) is 14.3 Å². The summed E-state index contributed by atoms with van der Waals surface area (Å²) in [5, 5.41) is 2.70. The molecule has 5 nitrogen and oxygen atoms in total. The molecule has 0 unspecified atom stereocenters. The minimum absolute atomic E-state index is 0.202. The van der Waals surface area contributed by atoms with Crippen LogP contribution in [-0.4, -0.2) is 25.1 Å². The second-order valence-electron chi connectivity index (χ2n) is 5.96. The molecule has 0 aliphatic heterocycles. The van der Waals surface area contributed by atoms with Crippen molar-refractivity contribution in [2.45, 2.75) is 26.7 Å². The molecule has 0 aliphatic carbocycles. The normalized spacial score (nSPS) is 10.3. The Kier molecular flexibility index (Phi) is 7.66. The number of hydrogen-bond acceptors (Lipinski definition) is 4. The number of halogens is 1. The molecule has 138 valence electrons. The second-order valence-corrected chi connectivity index (χ2v) is 6.81. The number of anilines is 1. The van der Waals surface area contributed by atoms with Crippen molar-refractivity contribution in [1.82, 2.24) is 0 Å². The van der Waals surface area contributed by atoms with Gasteiger partial charge in [-0.3, -0.25) is 9.59 Å². The van der Waals surface area contributed by atoms with E-state index in [1.54, 1.807) is 6.07 Å². The van der Waals surface area contributed by atoms with Gasteiger partial charge >= 0.3 is 5.97 Å². The Morgan fingerprint density at radius 1 is 1.04 bits per heavy atom. The summed E-state index contributed by atoms with van der Waals surface area (Å²) in [5.74, 6) is -0.0264. The molecule has 1 N–H and O–H groups in total. The fourth-order valence-corrected chi connectivity index (χ4v) is 2.76. The number of carbonyl (C=O) groups is 2. The van der Waals surface area contributed by atoms with Crippen molar-refractivity contribution >= 4 is 33.5 Å². The number of amides is 1. The number of hydrogen-bond donors (Lipinski definition) is 1. The lowest BCUT2D eigenvalue weighted by molar-refractivity contribution is -0.147. The van der Waals surface area contributed by atoms with Gasteiger partial charge in [0.05, 0.1) is 12.3 Å². The minimum Gasteiger partial charge on any atom is -0.494 e. The van der Waals surface area contributed by atoms with Crippen molar-refractivity contribution < 1.29 is 19.1 Å². The van der Waals surface area contributed by atoms with E-state index in [1.807, 2.05) is 50.2 Å². The van der Waals surface area contributed by atoms with Crippen molar-refractivity contribution in [3.05, 3.63) is 58.1 Å². The van der Waals surface area contributed by atoms with Crippen LogP contribution in [0.4, 0.5) is 5.69 Å². The predicted octanol–water partition coefficient (Wildman–Crippen LogP) is 4.41. The number of benzene rings is 2. The topological polar surface area (TPSA) is 64.6 Å². The molecule has 6 heteroatoms. The van der Waals surface area contributed by atoms with Gasteiger partial charge in [-0.25, -0.2) is 0 Å². The molecule has 0 heterocycles. The quantitative estimate of drug-likeness (QED) is 0.508. The van der Waals surface area contributed by atoms with Gasteiger partial charge in [-0.1, -0.05) is 23.8 Å². The van der Waals surface area contributed by atoms with Crippen LogP contribution in [0.25, 0.3) is 0 Å². The summed E-state index contributed by atoms with van der Waals surface area (Å²) in [6.07, 6.45) is 0.727. The average Bonchev–Trinajstić information content (AvgIpc) is 2.61. The van der Waals surface area contributed by atoms with E-state index in [1.165, 1.54) is 0 Å². The van der Waals surface area contributed by atoms with Gasteiger partial charge in [0.25, 0.3) is 5.91 Å². The molecule has 26 heavy (non-hydrogen) atoms. The van der Waals surface area contributed by atoms with Gasteiger partial charge in [0.15, 0.2) is 6.61 Å². The van der Waals surface area contributed by atoms with Crippen LogP contribution in [0.5, 0.6) is 5.75 Å². The Morgan fingerprint density at radius 3 is 2.42 bits per heavy atom.